The first kappa shape index (κ1) is 21.5. The molecule has 1 fully saturated rings. The number of aromatic nitrogens is 1. The second-order valence-electron chi connectivity index (χ2n) is 9.22. The predicted molar refractivity (Wildman–Crippen MR) is 130 cm³/mol. The van der Waals surface area contributed by atoms with E-state index in [0.29, 0.717) is 6.61 Å². The van der Waals surface area contributed by atoms with E-state index in [9.17, 15) is 9.90 Å². The van der Waals surface area contributed by atoms with Crippen molar-refractivity contribution >= 4 is 28.9 Å². The predicted octanol–water partition coefficient (Wildman–Crippen LogP) is 5.32. The largest absolute Gasteiger partial charge is 0.465 e. The van der Waals surface area contributed by atoms with Crippen molar-refractivity contribution in [3.63, 3.8) is 0 Å². The van der Waals surface area contributed by atoms with Crippen LogP contribution in [0.3, 0.4) is 0 Å². The molecule has 3 heterocycles. The number of rotatable bonds is 3. The molecule has 0 saturated carbocycles. The summed E-state index contributed by atoms with van der Waals surface area (Å²) in [5.74, 6) is 0.947. The Labute approximate surface area is 194 Å². The second kappa shape index (κ2) is 8.52. The molecule has 2 aliphatic heterocycles. The number of benzene rings is 2. The van der Waals surface area contributed by atoms with Crippen LogP contribution in [0.25, 0.3) is 17.0 Å². The Morgan fingerprint density at radius 3 is 2.73 bits per heavy atom. The lowest BCUT2D eigenvalue weighted by Crippen LogP contribution is -2.46. The number of pyridine rings is 1. The quantitative estimate of drug-likeness (QED) is 0.594. The molecule has 1 atom stereocenters. The molecule has 1 N–H and O–H groups in total. The van der Waals surface area contributed by atoms with Crippen LogP contribution in [0.15, 0.2) is 60.7 Å². The zero-order valence-electron chi connectivity index (χ0n) is 19.1. The number of ether oxygens (including phenoxy) is 1. The fourth-order valence-corrected chi connectivity index (χ4v) is 4.95. The number of anilines is 1. The van der Waals surface area contributed by atoms with Gasteiger partial charge in [-0.15, -0.1) is 0 Å². The van der Waals surface area contributed by atoms with Gasteiger partial charge in [0.2, 0.25) is 0 Å². The van der Waals surface area contributed by atoms with Gasteiger partial charge in [-0.3, -0.25) is 4.90 Å². The van der Waals surface area contributed by atoms with Gasteiger partial charge in [-0.1, -0.05) is 54.6 Å². The first-order valence-corrected chi connectivity index (χ1v) is 11.5. The molecule has 0 spiro atoms. The van der Waals surface area contributed by atoms with Gasteiger partial charge < -0.3 is 14.7 Å². The van der Waals surface area contributed by atoms with E-state index in [1.165, 1.54) is 16.0 Å². The number of nitrogens with zero attached hydrogens (tertiary/aromatic N) is 3. The molecule has 0 bridgehead atoms. The summed E-state index contributed by atoms with van der Waals surface area (Å²) in [6, 6.07) is 18.5. The van der Waals surface area contributed by atoms with Crippen LogP contribution in [0.2, 0.25) is 0 Å². The number of aryl methyl sites for hydroxylation is 1. The molecule has 33 heavy (non-hydrogen) atoms. The molecule has 2 aliphatic rings. The minimum Gasteiger partial charge on any atom is -0.465 e. The summed E-state index contributed by atoms with van der Waals surface area (Å²) in [4.78, 5) is 20.5. The first-order chi connectivity index (χ1) is 15.9. The highest BCUT2D eigenvalue weighted by atomic mass is 16.5. The molecule has 6 nitrogen and oxygen atoms in total. The fraction of sp³-hybridized carbons (Fsp3) is 0.333. The number of carbonyl (C=O) groups is 1. The van der Waals surface area contributed by atoms with Crippen LogP contribution >= 0.6 is 0 Å². The van der Waals surface area contributed by atoms with Crippen LogP contribution in [-0.4, -0.2) is 46.0 Å². The van der Waals surface area contributed by atoms with E-state index in [1.807, 2.05) is 30.4 Å². The SMILES string of the molecule is CC1(C)OC[C@H](/C=C/c2cc(N3CCCc4ccccc4C3)nc3ccccc23)N1C(=O)O. The van der Waals surface area contributed by atoms with Crippen LogP contribution in [0.1, 0.15) is 37.0 Å². The molecule has 0 unspecified atom stereocenters. The van der Waals surface area contributed by atoms with Gasteiger partial charge in [-0.05, 0) is 55.5 Å². The first-order valence-electron chi connectivity index (χ1n) is 11.5. The molecule has 170 valence electrons. The van der Waals surface area contributed by atoms with Crippen LogP contribution in [-0.2, 0) is 17.7 Å². The lowest BCUT2D eigenvalue weighted by atomic mass is 10.0. The third kappa shape index (κ3) is 4.18. The Bertz CT molecular complexity index is 1220. The summed E-state index contributed by atoms with van der Waals surface area (Å²) in [5, 5.41) is 10.8. The van der Waals surface area contributed by atoms with Crippen molar-refractivity contribution in [2.24, 2.45) is 0 Å². The smallest absolute Gasteiger partial charge is 0.410 e. The Kier molecular flexibility index (Phi) is 5.54. The maximum absolute atomic E-state index is 11.8. The summed E-state index contributed by atoms with van der Waals surface area (Å²) in [7, 11) is 0. The van der Waals surface area contributed by atoms with Gasteiger partial charge in [0.1, 0.15) is 11.5 Å². The van der Waals surface area contributed by atoms with E-state index in [1.54, 1.807) is 13.8 Å². The molecule has 1 saturated heterocycles. The molecule has 6 heteroatoms. The van der Waals surface area contributed by atoms with Crippen molar-refractivity contribution in [2.75, 3.05) is 18.1 Å². The van der Waals surface area contributed by atoms with E-state index in [0.717, 1.165) is 48.2 Å². The summed E-state index contributed by atoms with van der Waals surface area (Å²) in [6.07, 6.45) is 5.14. The Hall–Kier alpha value is -3.38. The Morgan fingerprint density at radius 1 is 1.15 bits per heavy atom. The van der Waals surface area contributed by atoms with Crippen molar-refractivity contribution in [1.82, 2.24) is 9.88 Å². The average Bonchev–Trinajstić information content (AvgIpc) is 2.97. The van der Waals surface area contributed by atoms with Crippen LogP contribution in [0, 0.1) is 0 Å². The average molecular weight is 444 g/mol. The molecule has 2 aromatic carbocycles. The van der Waals surface area contributed by atoms with Gasteiger partial charge in [0.25, 0.3) is 0 Å². The second-order valence-corrected chi connectivity index (χ2v) is 9.22. The highest BCUT2D eigenvalue weighted by Crippen LogP contribution is 2.31. The monoisotopic (exact) mass is 443 g/mol. The maximum atomic E-state index is 11.8. The zero-order valence-corrected chi connectivity index (χ0v) is 19.1. The summed E-state index contributed by atoms with van der Waals surface area (Å²) >= 11 is 0. The van der Waals surface area contributed by atoms with Gasteiger partial charge in [-0.25, -0.2) is 9.78 Å². The van der Waals surface area contributed by atoms with Gasteiger partial charge in [-0.2, -0.15) is 0 Å². The van der Waals surface area contributed by atoms with Gasteiger partial charge in [0.05, 0.1) is 18.2 Å². The molecule has 5 rings (SSSR count). The van der Waals surface area contributed by atoms with Crippen molar-refractivity contribution in [2.45, 2.75) is 45.0 Å². The normalized spacial score (nSPS) is 20.2. The number of hydrogen-bond acceptors (Lipinski definition) is 4. The topological polar surface area (TPSA) is 65.9 Å². The van der Waals surface area contributed by atoms with Crippen LogP contribution < -0.4 is 4.90 Å². The lowest BCUT2D eigenvalue weighted by molar-refractivity contribution is -0.0409. The van der Waals surface area contributed by atoms with Gasteiger partial charge in [0, 0.05) is 18.5 Å². The van der Waals surface area contributed by atoms with E-state index in [4.69, 9.17) is 9.72 Å². The van der Waals surface area contributed by atoms with E-state index < -0.39 is 11.8 Å². The summed E-state index contributed by atoms with van der Waals surface area (Å²) in [6.45, 7) is 5.69. The number of hydrogen-bond donors (Lipinski definition) is 1. The third-order valence-corrected chi connectivity index (χ3v) is 6.64. The molecular weight excluding hydrogens is 414 g/mol. The van der Waals surface area contributed by atoms with Crippen LogP contribution in [0.4, 0.5) is 10.6 Å². The van der Waals surface area contributed by atoms with Crippen molar-refractivity contribution in [3.05, 3.63) is 77.4 Å². The van der Waals surface area contributed by atoms with Gasteiger partial charge >= 0.3 is 6.09 Å². The molecule has 1 amide bonds. The zero-order chi connectivity index (χ0) is 23.0. The molecule has 0 aliphatic carbocycles. The van der Waals surface area contributed by atoms with Crippen molar-refractivity contribution in [3.8, 4) is 0 Å². The van der Waals surface area contributed by atoms with E-state index >= 15 is 0 Å². The highest BCUT2D eigenvalue weighted by Gasteiger charge is 2.42. The number of fused-ring (bicyclic) bond motifs is 2. The molecule has 0 radical (unpaired) electrons. The fourth-order valence-electron chi connectivity index (χ4n) is 4.95. The maximum Gasteiger partial charge on any atom is 0.410 e. The number of carboxylic acid groups (broad SMARTS) is 1. The molecule has 3 aromatic rings. The lowest BCUT2D eigenvalue weighted by Gasteiger charge is -2.29. The van der Waals surface area contributed by atoms with Crippen molar-refractivity contribution < 1.29 is 14.6 Å². The number of para-hydroxylation sites is 1. The Balaban J connectivity index is 1.51. The minimum atomic E-state index is -0.976. The van der Waals surface area contributed by atoms with Crippen LogP contribution in [0.5, 0.6) is 0 Å². The van der Waals surface area contributed by atoms with Crippen molar-refractivity contribution in [1.29, 1.82) is 0 Å². The molecule has 1 aromatic heterocycles. The highest BCUT2D eigenvalue weighted by molar-refractivity contribution is 5.89. The summed E-state index contributed by atoms with van der Waals surface area (Å²) in [5.41, 5.74) is 3.89. The molecular formula is C27H29N3O3. The number of amides is 1. The Morgan fingerprint density at radius 2 is 1.91 bits per heavy atom. The van der Waals surface area contributed by atoms with E-state index in [-0.39, 0.29) is 6.04 Å². The van der Waals surface area contributed by atoms with Gasteiger partial charge in [0.15, 0.2) is 0 Å². The minimum absolute atomic E-state index is 0.335. The third-order valence-electron chi connectivity index (χ3n) is 6.64. The summed E-state index contributed by atoms with van der Waals surface area (Å²) < 4.78 is 5.74. The van der Waals surface area contributed by atoms with E-state index in [2.05, 4.69) is 41.3 Å². The standard InChI is InChI=1S/C27H29N3O3/c1-27(2)30(26(31)32)22(18-33-27)14-13-20-16-25(28-24-12-6-5-11-23(20)24)29-15-7-10-19-8-3-4-9-21(19)17-29/h3-6,8-9,11-14,16,22H,7,10,15,17-18H2,1-2H3,(H,31,32)/b14-13+/t22-/m0/s1.